The molecule has 1 aliphatic heterocycles. The van der Waals surface area contributed by atoms with Gasteiger partial charge in [-0.1, -0.05) is 72.8 Å². The van der Waals surface area contributed by atoms with E-state index in [4.69, 9.17) is 16.6 Å². The summed E-state index contributed by atoms with van der Waals surface area (Å²) in [5, 5.41) is 4.11. The molecule has 0 unspecified atom stereocenters. The predicted molar refractivity (Wildman–Crippen MR) is 131 cm³/mol. The van der Waals surface area contributed by atoms with E-state index in [-0.39, 0.29) is 5.91 Å². The van der Waals surface area contributed by atoms with Gasteiger partial charge in [-0.25, -0.2) is 9.97 Å². The van der Waals surface area contributed by atoms with Gasteiger partial charge in [0.15, 0.2) is 5.16 Å². The first kappa shape index (κ1) is 22.6. The molecule has 1 N–H and O–H groups in total. The van der Waals surface area contributed by atoms with Gasteiger partial charge in [-0.2, -0.15) is 0 Å². The number of hydrogen-bond acceptors (Lipinski definition) is 5. The lowest BCUT2D eigenvalue weighted by Crippen LogP contribution is -2.33. The SMILES string of the molecule is CC1CCN(c2cc(Cl)nc(SCc3ccc(C(=O)NCc4ccccc4)cc3)n2)CC1. The molecule has 1 fully saturated rings. The normalized spacial score (nSPS) is 14.4. The largest absolute Gasteiger partial charge is 0.356 e. The van der Waals surface area contributed by atoms with Crippen molar-refractivity contribution in [3.05, 3.63) is 82.5 Å². The molecule has 0 aliphatic carbocycles. The molecule has 32 heavy (non-hydrogen) atoms. The van der Waals surface area contributed by atoms with Crippen molar-refractivity contribution in [2.45, 2.75) is 37.2 Å². The second-order valence-electron chi connectivity index (χ2n) is 8.15. The maximum absolute atomic E-state index is 12.4. The molecule has 0 radical (unpaired) electrons. The van der Waals surface area contributed by atoms with Crippen LogP contribution in [0.15, 0.2) is 65.8 Å². The Kier molecular flexibility index (Phi) is 7.66. The van der Waals surface area contributed by atoms with Gasteiger partial charge in [0.05, 0.1) is 0 Å². The van der Waals surface area contributed by atoms with E-state index < -0.39 is 0 Å². The van der Waals surface area contributed by atoms with Crippen molar-refractivity contribution >= 4 is 35.1 Å². The van der Waals surface area contributed by atoms with Crippen LogP contribution in [-0.2, 0) is 12.3 Å². The molecule has 1 aromatic heterocycles. The van der Waals surface area contributed by atoms with E-state index in [0.717, 1.165) is 36.0 Å². The molecular weight excluding hydrogens is 440 g/mol. The number of thioether (sulfide) groups is 1. The Labute approximate surface area is 198 Å². The zero-order chi connectivity index (χ0) is 22.3. The highest BCUT2D eigenvalue weighted by molar-refractivity contribution is 7.98. The Morgan fingerprint density at radius 3 is 2.50 bits per heavy atom. The summed E-state index contributed by atoms with van der Waals surface area (Å²) in [6, 6.07) is 19.4. The fraction of sp³-hybridized carbons (Fsp3) is 0.320. The minimum absolute atomic E-state index is 0.0771. The van der Waals surface area contributed by atoms with Gasteiger partial charge < -0.3 is 10.2 Å². The van der Waals surface area contributed by atoms with Gasteiger partial charge in [0.25, 0.3) is 5.91 Å². The summed E-state index contributed by atoms with van der Waals surface area (Å²) in [6.45, 7) is 4.82. The number of benzene rings is 2. The van der Waals surface area contributed by atoms with Gasteiger partial charge in [0, 0.05) is 37.0 Å². The number of halogens is 1. The summed E-state index contributed by atoms with van der Waals surface area (Å²) >= 11 is 7.83. The number of carbonyl (C=O) groups is 1. The highest BCUT2D eigenvalue weighted by atomic mass is 35.5. The Balaban J connectivity index is 1.32. The number of aromatic nitrogens is 2. The molecule has 1 amide bonds. The molecule has 0 atom stereocenters. The third kappa shape index (κ3) is 6.24. The van der Waals surface area contributed by atoms with Gasteiger partial charge >= 0.3 is 0 Å². The molecule has 4 rings (SSSR count). The number of rotatable bonds is 7. The molecule has 1 saturated heterocycles. The van der Waals surface area contributed by atoms with Crippen molar-refractivity contribution in [3.63, 3.8) is 0 Å². The molecule has 5 nitrogen and oxygen atoms in total. The molecule has 3 aromatic rings. The van der Waals surface area contributed by atoms with Crippen molar-refractivity contribution in [3.8, 4) is 0 Å². The standard InChI is InChI=1S/C25H27ClN4OS/c1-18-11-13-30(14-12-18)23-15-22(26)28-25(29-23)32-17-20-7-9-21(10-8-20)24(31)27-16-19-5-3-2-4-6-19/h2-10,15,18H,11-14,16-17H2,1H3,(H,27,31). The van der Waals surface area contributed by atoms with Gasteiger partial charge in [-0.05, 0) is 42.0 Å². The topological polar surface area (TPSA) is 58.1 Å². The van der Waals surface area contributed by atoms with Gasteiger partial charge in [-0.15, -0.1) is 0 Å². The maximum Gasteiger partial charge on any atom is 0.251 e. The third-order valence-corrected chi connectivity index (χ3v) is 6.76. The minimum Gasteiger partial charge on any atom is -0.356 e. The van der Waals surface area contributed by atoms with Crippen molar-refractivity contribution in [1.82, 2.24) is 15.3 Å². The van der Waals surface area contributed by atoms with Crippen molar-refractivity contribution in [1.29, 1.82) is 0 Å². The van der Waals surface area contributed by atoms with Crippen LogP contribution in [0.1, 0.15) is 41.3 Å². The zero-order valence-electron chi connectivity index (χ0n) is 18.1. The molecule has 0 bridgehead atoms. The minimum atomic E-state index is -0.0771. The number of nitrogens with one attached hydrogen (secondary N) is 1. The second-order valence-corrected chi connectivity index (χ2v) is 9.48. The van der Waals surface area contributed by atoms with E-state index in [1.807, 2.05) is 60.7 Å². The van der Waals surface area contributed by atoms with Crippen LogP contribution < -0.4 is 10.2 Å². The van der Waals surface area contributed by atoms with Crippen LogP contribution in [0, 0.1) is 5.92 Å². The van der Waals surface area contributed by atoms with Crippen molar-refractivity contribution in [2.75, 3.05) is 18.0 Å². The number of amides is 1. The number of piperidine rings is 1. The van der Waals surface area contributed by atoms with Crippen LogP contribution in [0.5, 0.6) is 0 Å². The highest BCUT2D eigenvalue weighted by Gasteiger charge is 2.18. The summed E-state index contributed by atoms with van der Waals surface area (Å²) < 4.78 is 0. The molecule has 166 valence electrons. The molecule has 0 spiro atoms. The summed E-state index contributed by atoms with van der Waals surface area (Å²) in [7, 11) is 0. The Morgan fingerprint density at radius 1 is 1.06 bits per heavy atom. The number of carbonyl (C=O) groups excluding carboxylic acids is 1. The smallest absolute Gasteiger partial charge is 0.251 e. The summed E-state index contributed by atoms with van der Waals surface area (Å²) in [4.78, 5) is 23.8. The number of anilines is 1. The lowest BCUT2D eigenvalue weighted by molar-refractivity contribution is 0.0951. The van der Waals surface area contributed by atoms with Crippen molar-refractivity contribution in [2.24, 2.45) is 5.92 Å². The van der Waals surface area contributed by atoms with E-state index >= 15 is 0 Å². The monoisotopic (exact) mass is 466 g/mol. The molecule has 0 saturated carbocycles. The average molecular weight is 467 g/mol. The number of hydrogen-bond donors (Lipinski definition) is 1. The molecule has 2 aromatic carbocycles. The predicted octanol–water partition coefficient (Wildman–Crippen LogP) is 5.59. The summed E-state index contributed by atoms with van der Waals surface area (Å²) in [5.74, 6) is 2.31. The quantitative estimate of drug-likeness (QED) is 0.279. The molecule has 1 aliphatic rings. The molecule has 2 heterocycles. The van der Waals surface area contributed by atoms with Gasteiger partial charge in [0.2, 0.25) is 0 Å². The second kappa shape index (κ2) is 10.8. The van der Waals surface area contributed by atoms with Crippen LogP contribution in [0.2, 0.25) is 5.15 Å². The molecule has 7 heteroatoms. The molecular formula is C25H27ClN4OS. The first-order valence-electron chi connectivity index (χ1n) is 10.9. The maximum atomic E-state index is 12.4. The van der Waals surface area contributed by atoms with Crippen LogP contribution >= 0.6 is 23.4 Å². The fourth-order valence-electron chi connectivity index (χ4n) is 3.63. The highest BCUT2D eigenvalue weighted by Crippen LogP contribution is 2.27. The van der Waals surface area contributed by atoms with Crippen molar-refractivity contribution < 1.29 is 4.79 Å². The Hall–Kier alpha value is -2.57. The summed E-state index contributed by atoms with van der Waals surface area (Å²) in [6.07, 6.45) is 2.35. The van der Waals surface area contributed by atoms with Crippen LogP contribution in [0.25, 0.3) is 0 Å². The zero-order valence-corrected chi connectivity index (χ0v) is 19.7. The first-order chi connectivity index (χ1) is 15.6. The Bertz CT molecular complexity index is 1040. The van der Waals surface area contributed by atoms with E-state index in [9.17, 15) is 4.79 Å². The van der Waals surface area contributed by atoms with Crippen LogP contribution in [-0.4, -0.2) is 29.0 Å². The van der Waals surface area contributed by atoms with E-state index in [1.54, 1.807) is 11.8 Å². The third-order valence-electron chi connectivity index (χ3n) is 5.65. The van der Waals surface area contributed by atoms with Crippen LogP contribution in [0.4, 0.5) is 5.82 Å². The number of nitrogens with zero attached hydrogens (tertiary/aromatic N) is 3. The Morgan fingerprint density at radius 2 is 1.78 bits per heavy atom. The van der Waals surface area contributed by atoms with Gasteiger partial charge in [0.1, 0.15) is 11.0 Å². The lowest BCUT2D eigenvalue weighted by atomic mass is 9.99. The average Bonchev–Trinajstić information content (AvgIpc) is 2.82. The van der Waals surface area contributed by atoms with E-state index in [2.05, 4.69) is 22.1 Å². The van der Waals surface area contributed by atoms with Gasteiger partial charge in [-0.3, -0.25) is 4.79 Å². The van der Waals surface area contributed by atoms with E-state index in [1.165, 1.54) is 12.8 Å². The fourth-order valence-corrected chi connectivity index (χ4v) is 4.67. The first-order valence-corrected chi connectivity index (χ1v) is 12.3. The lowest BCUT2D eigenvalue weighted by Gasteiger charge is -2.31. The van der Waals surface area contributed by atoms with E-state index in [0.29, 0.717) is 28.2 Å². The summed E-state index contributed by atoms with van der Waals surface area (Å²) in [5.41, 5.74) is 2.83. The van der Waals surface area contributed by atoms with Crippen LogP contribution in [0.3, 0.4) is 0 Å².